The zero-order chi connectivity index (χ0) is 24.1. The number of carbonyl (C=O) groups excluding carboxylic acids is 3. The molecule has 0 aliphatic carbocycles. The van der Waals surface area contributed by atoms with Gasteiger partial charge in [0.15, 0.2) is 5.78 Å². The highest BCUT2D eigenvalue weighted by Crippen LogP contribution is 2.20. The normalized spacial score (nSPS) is 10.9. The summed E-state index contributed by atoms with van der Waals surface area (Å²) in [6, 6.07) is 11.9. The van der Waals surface area contributed by atoms with Gasteiger partial charge in [-0.05, 0) is 68.9 Å². The summed E-state index contributed by atoms with van der Waals surface area (Å²) in [7, 11) is 0. The lowest BCUT2D eigenvalue weighted by molar-refractivity contribution is -0.143. The molecule has 0 spiro atoms. The van der Waals surface area contributed by atoms with Crippen molar-refractivity contribution < 1.29 is 29.0 Å². The maximum atomic E-state index is 13.1. The van der Waals surface area contributed by atoms with Gasteiger partial charge in [0.1, 0.15) is 0 Å². The Labute approximate surface area is 195 Å². The number of hydrogen-bond donors (Lipinski definition) is 1. The standard InChI is InChI=1S/C27H32O6/c1-3-32-25(29)16-15-21-18-23(14-13-20(21)10-7-5-6-8-17-28)26(30)22-11-9-12-24(19-22)27(31)33-4-2/h7,9-14,18-19,28H,3-6,8,15-17H2,1-2H3/b10-7+. The Morgan fingerprint density at radius 3 is 2.36 bits per heavy atom. The van der Waals surface area contributed by atoms with Crippen molar-refractivity contribution in [2.24, 2.45) is 0 Å². The number of rotatable bonds is 13. The molecule has 176 valence electrons. The van der Waals surface area contributed by atoms with E-state index in [1.807, 2.05) is 18.2 Å². The van der Waals surface area contributed by atoms with Crippen LogP contribution in [0, 0.1) is 0 Å². The fourth-order valence-electron chi connectivity index (χ4n) is 3.35. The number of aliphatic hydroxyl groups excluding tert-OH is 1. The van der Waals surface area contributed by atoms with E-state index >= 15 is 0 Å². The number of aliphatic hydroxyl groups is 1. The summed E-state index contributed by atoms with van der Waals surface area (Å²) in [6.07, 6.45) is 7.14. The first kappa shape index (κ1) is 26.0. The van der Waals surface area contributed by atoms with Gasteiger partial charge in [-0.15, -0.1) is 0 Å². The van der Waals surface area contributed by atoms with Crippen LogP contribution in [0.1, 0.15) is 76.9 Å². The monoisotopic (exact) mass is 452 g/mol. The quantitative estimate of drug-likeness (QED) is 0.268. The number of benzene rings is 2. The molecule has 0 aromatic heterocycles. The Morgan fingerprint density at radius 2 is 1.64 bits per heavy atom. The van der Waals surface area contributed by atoms with E-state index in [2.05, 4.69) is 0 Å². The lowest BCUT2D eigenvalue weighted by Crippen LogP contribution is -2.09. The van der Waals surface area contributed by atoms with E-state index in [0.29, 0.717) is 29.7 Å². The smallest absolute Gasteiger partial charge is 0.338 e. The number of ether oxygens (including phenoxy) is 2. The van der Waals surface area contributed by atoms with Crippen molar-refractivity contribution in [2.75, 3.05) is 19.8 Å². The maximum absolute atomic E-state index is 13.1. The predicted molar refractivity (Wildman–Crippen MR) is 127 cm³/mol. The molecule has 2 aromatic carbocycles. The third kappa shape index (κ3) is 8.31. The molecular weight excluding hydrogens is 420 g/mol. The molecule has 0 saturated carbocycles. The van der Waals surface area contributed by atoms with Crippen LogP contribution in [-0.2, 0) is 20.7 Å². The average Bonchev–Trinajstić information content (AvgIpc) is 2.83. The molecule has 0 amide bonds. The number of unbranched alkanes of at least 4 members (excludes halogenated alkanes) is 2. The summed E-state index contributed by atoms with van der Waals surface area (Å²) in [4.78, 5) is 37.0. The van der Waals surface area contributed by atoms with E-state index in [1.165, 1.54) is 6.07 Å². The highest BCUT2D eigenvalue weighted by atomic mass is 16.5. The van der Waals surface area contributed by atoms with Crippen LogP contribution in [-0.4, -0.2) is 42.6 Å². The zero-order valence-corrected chi connectivity index (χ0v) is 19.3. The second-order valence-electron chi connectivity index (χ2n) is 7.47. The molecule has 6 nitrogen and oxygen atoms in total. The van der Waals surface area contributed by atoms with Crippen LogP contribution in [0.2, 0.25) is 0 Å². The van der Waals surface area contributed by atoms with Gasteiger partial charge in [0.2, 0.25) is 0 Å². The van der Waals surface area contributed by atoms with Crippen LogP contribution < -0.4 is 0 Å². The Bertz CT molecular complexity index is 976. The Balaban J connectivity index is 2.28. The number of esters is 2. The van der Waals surface area contributed by atoms with E-state index in [4.69, 9.17) is 14.6 Å². The van der Waals surface area contributed by atoms with Gasteiger partial charge in [0.25, 0.3) is 0 Å². The van der Waals surface area contributed by atoms with Crippen LogP contribution in [0.4, 0.5) is 0 Å². The van der Waals surface area contributed by atoms with Crippen LogP contribution in [0.25, 0.3) is 6.08 Å². The van der Waals surface area contributed by atoms with Crippen molar-refractivity contribution >= 4 is 23.8 Å². The zero-order valence-electron chi connectivity index (χ0n) is 19.3. The first-order valence-corrected chi connectivity index (χ1v) is 11.4. The highest BCUT2D eigenvalue weighted by molar-refractivity contribution is 6.10. The van der Waals surface area contributed by atoms with Gasteiger partial charge in [-0.3, -0.25) is 9.59 Å². The fourth-order valence-corrected chi connectivity index (χ4v) is 3.35. The summed E-state index contributed by atoms with van der Waals surface area (Å²) in [6.45, 7) is 4.25. The van der Waals surface area contributed by atoms with Crippen molar-refractivity contribution in [3.8, 4) is 0 Å². The van der Waals surface area contributed by atoms with E-state index in [0.717, 1.165) is 30.4 Å². The highest BCUT2D eigenvalue weighted by Gasteiger charge is 2.15. The summed E-state index contributed by atoms with van der Waals surface area (Å²) in [5.41, 5.74) is 3.00. The molecule has 1 N–H and O–H groups in total. The second-order valence-corrected chi connectivity index (χ2v) is 7.47. The fraction of sp³-hybridized carbons (Fsp3) is 0.370. The molecule has 0 heterocycles. The van der Waals surface area contributed by atoms with Crippen LogP contribution in [0.5, 0.6) is 0 Å². The molecule has 0 atom stereocenters. The van der Waals surface area contributed by atoms with Gasteiger partial charge in [-0.25, -0.2) is 4.79 Å². The third-order valence-corrected chi connectivity index (χ3v) is 5.02. The molecule has 2 rings (SSSR count). The topological polar surface area (TPSA) is 89.9 Å². The molecule has 0 radical (unpaired) electrons. The Kier molecular flexibility index (Phi) is 11.0. The van der Waals surface area contributed by atoms with Gasteiger partial charge in [0.05, 0.1) is 18.8 Å². The molecule has 0 aliphatic heterocycles. The van der Waals surface area contributed by atoms with Crippen molar-refractivity contribution in [1.29, 1.82) is 0 Å². The van der Waals surface area contributed by atoms with Crippen LogP contribution in [0.15, 0.2) is 48.5 Å². The molecule has 0 bridgehead atoms. The SMILES string of the molecule is CCOC(=O)CCc1cc(C(=O)c2cccc(C(=O)OCC)c2)ccc1/C=C/CCCCO. The predicted octanol–water partition coefficient (Wildman–Crippen LogP) is 4.77. The molecule has 6 heteroatoms. The lowest BCUT2D eigenvalue weighted by atomic mass is 9.95. The van der Waals surface area contributed by atoms with E-state index in [-0.39, 0.29) is 31.4 Å². The van der Waals surface area contributed by atoms with Gasteiger partial charge >= 0.3 is 11.9 Å². The molecule has 0 aliphatic rings. The van der Waals surface area contributed by atoms with Crippen molar-refractivity contribution in [3.63, 3.8) is 0 Å². The number of aryl methyl sites for hydroxylation is 1. The molecule has 0 unspecified atom stereocenters. The minimum absolute atomic E-state index is 0.173. The maximum Gasteiger partial charge on any atom is 0.338 e. The minimum atomic E-state index is -0.469. The van der Waals surface area contributed by atoms with Crippen molar-refractivity contribution in [2.45, 2.75) is 46.0 Å². The average molecular weight is 453 g/mol. The van der Waals surface area contributed by atoms with E-state index < -0.39 is 5.97 Å². The van der Waals surface area contributed by atoms with Gasteiger partial charge in [-0.2, -0.15) is 0 Å². The molecule has 33 heavy (non-hydrogen) atoms. The third-order valence-electron chi connectivity index (χ3n) is 5.02. The first-order chi connectivity index (χ1) is 16.0. The van der Waals surface area contributed by atoms with Gasteiger partial charge in [0, 0.05) is 24.2 Å². The van der Waals surface area contributed by atoms with Crippen molar-refractivity contribution in [1.82, 2.24) is 0 Å². The van der Waals surface area contributed by atoms with Crippen molar-refractivity contribution in [3.05, 3.63) is 76.4 Å². The number of allylic oxidation sites excluding steroid dienone is 1. The molecule has 0 saturated heterocycles. The number of ketones is 1. The van der Waals surface area contributed by atoms with E-state index in [9.17, 15) is 14.4 Å². The molecule has 2 aromatic rings. The lowest BCUT2D eigenvalue weighted by Gasteiger charge is -2.10. The minimum Gasteiger partial charge on any atom is -0.466 e. The van der Waals surface area contributed by atoms with Crippen LogP contribution in [0.3, 0.4) is 0 Å². The summed E-state index contributed by atoms with van der Waals surface area (Å²) >= 11 is 0. The van der Waals surface area contributed by atoms with Gasteiger partial charge < -0.3 is 14.6 Å². The van der Waals surface area contributed by atoms with Gasteiger partial charge in [-0.1, -0.05) is 36.4 Å². The molecule has 0 fully saturated rings. The largest absolute Gasteiger partial charge is 0.466 e. The first-order valence-electron chi connectivity index (χ1n) is 11.4. The number of hydrogen-bond acceptors (Lipinski definition) is 6. The summed E-state index contributed by atoms with van der Waals surface area (Å²) in [5.74, 6) is -0.963. The molecular formula is C27H32O6. The Hall–Kier alpha value is -3.25. The van der Waals surface area contributed by atoms with E-state index in [1.54, 1.807) is 44.2 Å². The van der Waals surface area contributed by atoms with Crippen LogP contribution >= 0.6 is 0 Å². The second kappa shape index (κ2) is 14.0. The summed E-state index contributed by atoms with van der Waals surface area (Å²) in [5, 5.41) is 8.92. The number of carbonyl (C=O) groups is 3. The summed E-state index contributed by atoms with van der Waals surface area (Å²) < 4.78 is 10.1. The Morgan fingerprint density at radius 1 is 0.909 bits per heavy atom.